The average Bonchev–Trinajstić information content (AvgIpc) is 2.12. The fourth-order valence-corrected chi connectivity index (χ4v) is 1.52. The Balaban J connectivity index is 2.85. The highest BCUT2D eigenvalue weighted by atomic mass is 35.5. The molecule has 98 valence electrons. The first-order valence-electron chi connectivity index (χ1n) is 5.30. The lowest BCUT2D eigenvalue weighted by Gasteiger charge is -2.20. The van der Waals surface area contributed by atoms with Gasteiger partial charge in [-0.05, 0) is 39.0 Å². The van der Waals surface area contributed by atoms with Gasteiger partial charge in [0.15, 0.2) is 0 Å². The number of carboxylic acids is 1. The highest BCUT2D eigenvalue weighted by molar-refractivity contribution is 6.31. The summed E-state index contributed by atoms with van der Waals surface area (Å²) < 4.78 is 0. The van der Waals surface area contributed by atoms with Gasteiger partial charge in [-0.3, -0.25) is 0 Å². The zero-order valence-electron chi connectivity index (χ0n) is 10.4. The number of halogens is 1. The van der Waals surface area contributed by atoms with Crippen LogP contribution in [0.1, 0.15) is 31.1 Å². The van der Waals surface area contributed by atoms with Gasteiger partial charge in [0.05, 0.1) is 5.56 Å². The molecule has 0 aliphatic carbocycles. The Kier molecular flexibility index (Phi) is 4.19. The topological polar surface area (TPSA) is 78.4 Å². The largest absolute Gasteiger partial charge is 0.478 e. The highest BCUT2D eigenvalue weighted by Gasteiger charge is 2.14. The third-order valence-electron chi connectivity index (χ3n) is 1.89. The van der Waals surface area contributed by atoms with Gasteiger partial charge in [-0.25, -0.2) is 9.59 Å². The molecule has 1 aromatic carbocycles. The molecule has 6 heteroatoms. The van der Waals surface area contributed by atoms with Crippen molar-refractivity contribution in [1.29, 1.82) is 0 Å². The summed E-state index contributed by atoms with van der Waals surface area (Å²) in [5, 5.41) is 14.4. The molecule has 0 spiro atoms. The Morgan fingerprint density at radius 2 is 1.83 bits per heavy atom. The zero-order chi connectivity index (χ0) is 13.9. The predicted octanol–water partition coefficient (Wildman–Crippen LogP) is 2.96. The van der Waals surface area contributed by atoms with E-state index in [-0.39, 0.29) is 16.1 Å². The normalized spacial score (nSPS) is 10.9. The summed E-state index contributed by atoms with van der Waals surface area (Å²) in [5.74, 6) is -1.10. The third kappa shape index (κ3) is 4.63. The fraction of sp³-hybridized carbons (Fsp3) is 0.333. The Morgan fingerprint density at radius 1 is 1.22 bits per heavy atom. The summed E-state index contributed by atoms with van der Waals surface area (Å²) in [6.07, 6.45) is 0. The van der Waals surface area contributed by atoms with Gasteiger partial charge in [-0.1, -0.05) is 11.6 Å². The number of urea groups is 1. The van der Waals surface area contributed by atoms with Crippen molar-refractivity contribution >= 4 is 29.3 Å². The van der Waals surface area contributed by atoms with Crippen molar-refractivity contribution in [3.63, 3.8) is 0 Å². The summed E-state index contributed by atoms with van der Waals surface area (Å²) >= 11 is 5.78. The van der Waals surface area contributed by atoms with E-state index in [4.69, 9.17) is 16.7 Å². The van der Waals surface area contributed by atoms with E-state index in [9.17, 15) is 9.59 Å². The van der Waals surface area contributed by atoms with Crippen molar-refractivity contribution < 1.29 is 14.7 Å². The zero-order valence-corrected chi connectivity index (χ0v) is 11.1. The van der Waals surface area contributed by atoms with Crippen LogP contribution in [0.2, 0.25) is 5.02 Å². The van der Waals surface area contributed by atoms with Crippen LogP contribution >= 0.6 is 11.6 Å². The van der Waals surface area contributed by atoms with Crippen LogP contribution < -0.4 is 10.6 Å². The molecule has 2 amide bonds. The molecule has 0 radical (unpaired) electrons. The van der Waals surface area contributed by atoms with E-state index in [1.807, 2.05) is 20.8 Å². The van der Waals surface area contributed by atoms with Gasteiger partial charge < -0.3 is 15.7 Å². The second-order valence-electron chi connectivity index (χ2n) is 4.86. The van der Waals surface area contributed by atoms with Crippen molar-refractivity contribution in [2.75, 3.05) is 5.32 Å². The summed E-state index contributed by atoms with van der Waals surface area (Å²) in [7, 11) is 0. The van der Waals surface area contributed by atoms with E-state index in [2.05, 4.69) is 10.6 Å². The number of nitrogens with one attached hydrogen (secondary N) is 2. The number of rotatable bonds is 2. The Morgan fingerprint density at radius 3 is 2.33 bits per heavy atom. The average molecular weight is 271 g/mol. The SMILES string of the molecule is CC(C)(C)NC(=O)Nc1cc(Cl)cc(C(=O)O)c1. The maximum absolute atomic E-state index is 11.6. The van der Waals surface area contributed by atoms with Gasteiger partial charge in [0.2, 0.25) is 0 Å². The van der Waals surface area contributed by atoms with E-state index < -0.39 is 12.0 Å². The smallest absolute Gasteiger partial charge is 0.335 e. The first-order valence-corrected chi connectivity index (χ1v) is 5.68. The quantitative estimate of drug-likeness (QED) is 0.773. The number of hydrogen-bond acceptors (Lipinski definition) is 2. The van der Waals surface area contributed by atoms with E-state index in [1.54, 1.807) is 0 Å². The van der Waals surface area contributed by atoms with Gasteiger partial charge in [0.25, 0.3) is 0 Å². The lowest BCUT2D eigenvalue weighted by molar-refractivity contribution is 0.0697. The van der Waals surface area contributed by atoms with Gasteiger partial charge in [-0.2, -0.15) is 0 Å². The van der Waals surface area contributed by atoms with Gasteiger partial charge in [0, 0.05) is 16.2 Å². The molecule has 0 aliphatic rings. The molecular weight excluding hydrogens is 256 g/mol. The van der Waals surface area contributed by atoms with Crippen LogP contribution in [-0.2, 0) is 0 Å². The molecule has 5 nitrogen and oxygen atoms in total. The minimum Gasteiger partial charge on any atom is -0.478 e. The van der Waals surface area contributed by atoms with E-state index >= 15 is 0 Å². The maximum atomic E-state index is 11.6. The molecule has 0 heterocycles. The van der Waals surface area contributed by atoms with Crippen LogP contribution in [0.4, 0.5) is 10.5 Å². The number of carbonyl (C=O) groups is 2. The standard InChI is InChI=1S/C12H15ClN2O3/c1-12(2,3)15-11(18)14-9-5-7(10(16)17)4-8(13)6-9/h4-6H,1-3H3,(H,16,17)(H2,14,15,18). The maximum Gasteiger partial charge on any atom is 0.335 e. The molecule has 3 N–H and O–H groups in total. The first-order chi connectivity index (χ1) is 8.17. The molecule has 0 bridgehead atoms. The molecule has 0 saturated heterocycles. The van der Waals surface area contributed by atoms with Crippen LogP contribution in [0.3, 0.4) is 0 Å². The van der Waals surface area contributed by atoms with E-state index in [0.717, 1.165) is 0 Å². The molecule has 18 heavy (non-hydrogen) atoms. The molecule has 0 fully saturated rings. The molecule has 1 aromatic rings. The molecule has 1 rings (SSSR count). The fourth-order valence-electron chi connectivity index (χ4n) is 1.29. The van der Waals surface area contributed by atoms with Gasteiger partial charge in [-0.15, -0.1) is 0 Å². The second-order valence-corrected chi connectivity index (χ2v) is 5.30. The van der Waals surface area contributed by atoms with Crippen molar-refractivity contribution in [3.05, 3.63) is 28.8 Å². The first kappa shape index (κ1) is 14.3. The van der Waals surface area contributed by atoms with Crippen LogP contribution in [0, 0.1) is 0 Å². The molecule has 0 atom stereocenters. The Labute approximate surface area is 110 Å². The molecule has 0 saturated carbocycles. The summed E-state index contributed by atoms with van der Waals surface area (Å²) in [5.41, 5.74) is -0.0200. The van der Waals surface area contributed by atoms with Crippen LogP contribution in [0.5, 0.6) is 0 Å². The summed E-state index contributed by atoms with van der Waals surface area (Å²) in [6.45, 7) is 5.52. The summed E-state index contributed by atoms with van der Waals surface area (Å²) in [6, 6.07) is 3.73. The van der Waals surface area contributed by atoms with Crippen molar-refractivity contribution in [3.8, 4) is 0 Å². The lowest BCUT2D eigenvalue weighted by atomic mass is 10.1. The number of carboxylic acid groups (broad SMARTS) is 1. The van der Waals surface area contributed by atoms with Crippen molar-refractivity contribution in [2.24, 2.45) is 0 Å². The minimum atomic E-state index is -1.10. The minimum absolute atomic E-state index is 0.0218. The summed E-state index contributed by atoms with van der Waals surface area (Å²) in [4.78, 5) is 22.4. The second kappa shape index (κ2) is 5.27. The third-order valence-corrected chi connectivity index (χ3v) is 2.11. The van der Waals surface area contributed by atoms with E-state index in [0.29, 0.717) is 5.69 Å². The van der Waals surface area contributed by atoms with Crippen molar-refractivity contribution in [2.45, 2.75) is 26.3 Å². The number of benzene rings is 1. The van der Waals surface area contributed by atoms with Crippen LogP contribution in [0.15, 0.2) is 18.2 Å². The van der Waals surface area contributed by atoms with Gasteiger partial charge >= 0.3 is 12.0 Å². The number of hydrogen-bond donors (Lipinski definition) is 3. The monoisotopic (exact) mass is 270 g/mol. The van der Waals surface area contributed by atoms with Gasteiger partial charge in [0.1, 0.15) is 0 Å². The van der Waals surface area contributed by atoms with Crippen molar-refractivity contribution in [1.82, 2.24) is 5.32 Å². The molecule has 0 aromatic heterocycles. The van der Waals surface area contributed by atoms with E-state index in [1.165, 1.54) is 18.2 Å². The molecule has 0 aliphatic heterocycles. The number of amides is 2. The highest BCUT2D eigenvalue weighted by Crippen LogP contribution is 2.19. The number of carbonyl (C=O) groups excluding carboxylic acids is 1. The molecular formula is C12H15ClN2O3. The Bertz CT molecular complexity index is 481. The van der Waals surface area contributed by atoms with Crippen LogP contribution in [0.25, 0.3) is 0 Å². The lowest BCUT2D eigenvalue weighted by Crippen LogP contribution is -2.43. The molecule has 0 unspecified atom stereocenters. The Hall–Kier alpha value is -1.75. The number of aromatic carboxylic acids is 1. The predicted molar refractivity (Wildman–Crippen MR) is 70.3 cm³/mol. The number of anilines is 1. The van der Waals surface area contributed by atoms with Crippen LogP contribution in [-0.4, -0.2) is 22.6 Å².